The molecule has 0 radical (unpaired) electrons. The zero-order chi connectivity index (χ0) is 25.4. The molecule has 1 aromatic heterocycles. The van der Waals surface area contributed by atoms with E-state index in [1.807, 2.05) is 55.4 Å². The number of nitriles is 2. The van der Waals surface area contributed by atoms with E-state index in [0.29, 0.717) is 23.8 Å². The van der Waals surface area contributed by atoms with Gasteiger partial charge in [0.15, 0.2) is 5.13 Å². The van der Waals surface area contributed by atoms with Crippen LogP contribution in [0.2, 0.25) is 0 Å². The Morgan fingerprint density at radius 3 is 2.11 bits per heavy atom. The van der Waals surface area contributed by atoms with Crippen molar-refractivity contribution in [2.24, 2.45) is 0 Å². The van der Waals surface area contributed by atoms with Crippen LogP contribution in [0.3, 0.4) is 0 Å². The van der Waals surface area contributed by atoms with E-state index in [1.54, 1.807) is 4.90 Å². The van der Waals surface area contributed by atoms with E-state index >= 15 is 0 Å². The first-order valence-corrected chi connectivity index (χ1v) is 13.2. The average Bonchev–Trinajstić information content (AvgIpc) is 3.27. The number of benzene rings is 2. The van der Waals surface area contributed by atoms with Gasteiger partial charge in [-0.3, -0.25) is 9.69 Å². The number of halogens is 1. The molecule has 0 N–H and O–H groups in total. The fraction of sp³-hybridized carbons (Fsp3) is 0.333. The van der Waals surface area contributed by atoms with Crippen LogP contribution in [-0.4, -0.2) is 68.8 Å². The Morgan fingerprint density at radius 2 is 1.56 bits per heavy atom. The molecular formula is C24H27ClN6O3S2. The number of anilines is 1. The lowest BCUT2D eigenvalue weighted by molar-refractivity contribution is 0.0985. The normalized spacial score (nSPS) is 11.2. The SMILES string of the molecule is CN(C)CCN(C(=O)c1ccc(S(=O)(=O)N(CCC#N)CCC#N)cc1)c1nc2ccccc2s1.Cl. The minimum Gasteiger partial charge on any atom is -0.308 e. The number of carbonyl (C=O) groups excluding carboxylic acids is 1. The number of aromatic nitrogens is 1. The highest BCUT2D eigenvalue weighted by molar-refractivity contribution is 7.89. The lowest BCUT2D eigenvalue weighted by atomic mass is 10.2. The van der Waals surface area contributed by atoms with Crippen LogP contribution in [-0.2, 0) is 10.0 Å². The van der Waals surface area contributed by atoms with Crippen molar-refractivity contribution in [2.75, 3.05) is 45.2 Å². The maximum absolute atomic E-state index is 13.5. The fourth-order valence-corrected chi connectivity index (χ4v) is 5.77. The molecule has 0 aliphatic rings. The van der Waals surface area contributed by atoms with E-state index in [-0.39, 0.29) is 49.1 Å². The highest BCUT2D eigenvalue weighted by atomic mass is 35.5. The van der Waals surface area contributed by atoms with Crippen molar-refractivity contribution in [1.82, 2.24) is 14.2 Å². The van der Waals surface area contributed by atoms with Gasteiger partial charge in [-0.25, -0.2) is 13.4 Å². The third kappa shape index (κ3) is 7.00. The smallest absolute Gasteiger partial charge is 0.260 e. The summed E-state index contributed by atoms with van der Waals surface area (Å²) in [5.41, 5.74) is 1.15. The van der Waals surface area contributed by atoms with Crippen molar-refractivity contribution < 1.29 is 13.2 Å². The van der Waals surface area contributed by atoms with Gasteiger partial charge in [-0.05, 0) is 50.5 Å². The second kappa shape index (κ2) is 13.3. The summed E-state index contributed by atoms with van der Waals surface area (Å²) in [5, 5.41) is 18.3. The van der Waals surface area contributed by atoms with Gasteiger partial charge in [-0.15, -0.1) is 12.4 Å². The number of sulfonamides is 1. The number of carbonyl (C=O) groups is 1. The van der Waals surface area contributed by atoms with Crippen LogP contribution in [0, 0.1) is 22.7 Å². The van der Waals surface area contributed by atoms with Crippen molar-refractivity contribution in [3.63, 3.8) is 0 Å². The Kier molecular flexibility index (Phi) is 10.8. The molecule has 3 rings (SSSR count). The Labute approximate surface area is 221 Å². The highest BCUT2D eigenvalue weighted by Gasteiger charge is 2.26. The van der Waals surface area contributed by atoms with Crippen molar-refractivity contribution in [3.05, 3.63) is 54.1 Å². The van der Waals surface area contributed by atoms with E-state index in [1.165, 1.54) is 35.6 Å². The number of rotatable bonds is 11. The molecule has 0 aliphatic carbocycles. The van der Waals surface area contributed by atoms with Crippen molar-refractivity contribution >= 4 is 55.0 Å². The number of hydrogen-bond donors (Lipinski definition) is 0. The predicted octanol–water partition coefficient (Wildman–Crippen LogP) is 3.74. The van der Waals surface area contributed by atoms with E-state index < -0.39 is 10.0 Å². The van der Waals surface area contributed by atoms with Crippen LogP contribution in [0.15, 0.2) is 53.4 Å². The molecule has 9 nitrogen and oxygen atoms in total. The molecule has 0 saturated heterocycles. The van der Waals surface area contributed by atoms with Crippen LogP contribution >= 0.6 is 23.7 Å². The number of thiazole rings is 1. The van der Waals surface area contributed by atoms with E-state index in [4.69, 9.17) is 10.5 Å². The molecule has 0 atom stereocenters. The standard InChI is InChI=1S/C24H26N6O3S2.ClH/c1-28(2)17-18-30(24-27-21-7-3-4-8-22(21)34-24)23(31)19-9-11-20(12-10-19)35(32,33)29(15-5-13-25)16-6-14-26;/h3-4,7-12H,5-6,15-18H2,1-2H3;1H. The molecule has 2 aromatic carbocycles. The molecular weight excluding hydrogens is 520 g/mol. The van der Waals surface area contributed by atoms with E-state index in [2.05, 4.69) is 4.98 Å². The molecule has 190 valence electrons. The molecule has 3 aromatic rings. The van der Waals surface area contributed by atoms with Crippen LogP contribution in [0.5, 0.6) is 0 Å². The van der Waals surface area contributed by atoms with Crippen molar-refractivity contribution in [3.8, 4) is 12.1 Å². The molecule has 0 aliphatic heterocycles. The molecule has 0 bridgehead atoms. The van der Waals surface area contributed by atoms with Crippen LogP contribution in [0.25, 0.3) is 10.2 Å². The minimum atomic E-state index is -3.91. The first-order chi connectivity index (χ1) is 16.8. The number of fused-ring (bicyclic) bond motifs is 1. The quantitative estimate of drug-likeness (QED) is 0.359. The summed E-state index contributed by atoms with van der Waals surface area (Å²) < 4.78 is 28.2. The molecule has 0 fully saturated rings. The van der Waals surface area contributed by atoms with Gasteiger partial charge >= 0.3 is 0 Å². The predicted molar refractivity (Wildman–Crippen MR) is 143 cm³/mol. The summed E-state index contributed by atoms with van der Waals surface area (Å²) in [6.07, 6.45) is 0.0362. The molecule has 1 heterocycles. The number of nitrogens with zero attached hydrogens (tertiary/aromatic N) is 6. The zero-order valence-electron chi connectivity index (χ0n) is 20.0. The molecule has 12 heteroatoms. The Morgan fingerprint density at radius 1 is 0.944 bits per heavy atom. The zero-order valence-corrected chi connectivity index (χ0v) is 22.4. The Balaban J connectivity index is 0.00000456. The molecule has 0 unspecified atom stereocenters. The Hall–Kier alpha value is -3.06. The highest BCUT2D eigenvalue weighted by Crippen LogP contribution is 2.29. The minimum absolute atomic E-state index is 0. The molecule has 36 heavy (non-hydrogen) atoms. The summed E-state index contributed by atoms with van der Waals surface area (Å²) in [6.45, 7) is 1.04. The number of likely N-dealkylation sites (N-methyl/N-ethyl adjacent to an activating group) is 1. The van der Waals surface area contributed by atoms with E-state index in [9.17, 15) is 13.2 Å². The van der Waals surface area contributed by atoms with Gasteiger partial charge in [0.2, 0.25) is 10.0 Å². The first-order valence-electron chi connectivity index (χ1n) is 10.9. The lowest BCUT2D eigenvalue weighted by Gasteiger charge is -2.22. The molecule has 0 spiro atoms. The van der Waals surface area contributed by atoms with Gasteiger partial charge in [0, 0.05) is 44.6 Å². The van der Waals surface area contributed by atoms with Gasteiger partial charge in [0.1, 0.15) is 0 Å². The van der Waals surface area contributed by atoms with Gasteiger partial charge < -0.3 is 4.90 Å². The molecule has 1 amide bonds. The third-order valence-corrected chi connectivity index (χ3v) is 8.19. The fourth-order valence-electron chi connectivity index (χ4n) is 3.34. The van der Waals surface area contributed by atoms with Crippen LogP contribution < -0.4 is 4.90 Å². The van der Waals surface area contributed by atoms with Crippen molar-refractivity contribution in [1.29, 1.82) is 10.5 Å². The summed E-state index contributed by atoms with van der Waals surface area (Å²) in [5.74, 6) is -0.277. The lowest BCUT2D eigenvalue weighted by Crippen LogP contribution is -2.36. The molecule has 0 saturated carbocycles. The first kappa shape index (κ1) is 29.2. The summed E-state index contributed by atoms with van der Waals surface area (Å²) in [7, 11) is -0.0666. The number of amides is 1. The van der Waals surface area contributed by atoms with Gasteiger partial charge in [-0.2, -0.15) is 14.8 Å². The summed E-state index contributed by atoms with van der Waals surface area (Å²) >= 11 is 1.43. The maximum atomic E-state index is 13.5. The van der Waals surface area contributed by atoms with Crippen molar-refractivity contribution in [2.45, 2.75) is 17.7 Å². The topological polar surface area (TPSA) is 121 Å². The summed E-state index contributed by atoms with van der Waals surface area (Å²) in [6, 6.07) is 17.3. The monoisotopic (exact) mass is 546 g/mol. The second-order valence-electron chi connectivity index (χ2n) is 7.97. The average molecular weight is 547 g/mol. The van der Waals surface area contributed by atoms with Crippen LogP contribution in [0.4, 0.5) is 5.13 Å². The second-order valence-corrected chi connectivity index (χ2v) is 10.9. The Bertz CT molecular complexity index is 1310. The maximum Gasteiger partial charge on any atom is 0.260 e. The third-order valence-electron chi connectivity index (χ3n) is 5.21. The van der Waals surface area contributed by atoms with Gasteiger partial charge in [0.05, 0.1) is 27.3 Å². The van der Waals surface area contributed by atoms with Gasteiger partial charge in [-0.1, -0.05) is 23.5 Å². The van der Waals surface area contributed by atoms with Crippen LogP contribution in [0.1, 0.15) is 23.2 Å². The van der Waals surface area contributed by atoms with E-state index in [0.717, 1.165) is 14.5 Å². The van der Waals surface area contributed by atoms with Gasteiger partial charge in [0.25, 0.3) is 5.91 Å². The summed E-state index contributed by atoms with van der Waals surface area (Å²) in [4.78, 5) is 21.7. The number of hydrogen-bond acceptors (Lipinski definition) is 8. The number of para-hydroxylation sites is 1. The largest absolute Gasteiger partial charge is 0.308 e.